The number of hydrogen-bond donors (Lipinski definition) is 3. The van der Waals surface area contributed by atoms with Crippen LogP contribution in [0.1, 0.15) is 12.8 Å². The summed E-state index contributed by atoms with van der Waals surface area (Å²) in [6.45, 7) is 0.0484. The first kappa shape index (κ1) is 16.6. The highest BCUT2D eigenvalue weighted by Crippen LogP contribution is 2.24. The lowest BCUT2D eigenvalue weighted by Crippen LogP contribution is -2.19. The van der Waals surface area contributed by atoms with Crippen molar-refractivity contribution in [2.45, 2.75) is 23.9 Å². The molecule has 0 saturated heterocycles. The van der Waals surface area contributed by atoms with Gasteiger partial charge in [0.2, 0.25) is 10.0 Å². The van der Waals surface area contributed by atoms with Crippen LogP contribution in [0.3, 0.4) is 0 Å². The molecule has 0 unspecified atom stereocenters. The predicted octanol–water partition coefficient (Wildman–Crippen LogP) is 1.93. The average Bonchev–Trinajstić information content (AvgIpc) is 2.35. The molecule has 0 heterocycles. The van der Waals surface area contributed by atoms with Crippen LogP contribution in [0.4, 0.5) is 24.5 Å². The fraction of sp³-hybridized carbons (Fsp3) is 0.455. The SMILES string of the molecule is CNS(=O)(=O)c1ccc(N)c(NCCCC(F)(F)F)c1. The Balaban J connectivity index is 2.73. The Morgan fingerprint density at radius 3 is 2.50 bits per heavy atom. The van der Waals surface area contributed by atoms with Crippen LogP contribution in [0.2, 0.25) is 0 Å². The molecule has 0 aliphatic rings. The van der Waals surface area contributed by atoms with E-state index in [0.717, 1.165) is 0 Å². The molecular weight excluding hydrogens is 295 g/mol. The highest BCUT2D eigenvalue weighted by molar-refractivity contribution is 7.89. The smallest absolute Gasteiger partial charge is 0.389 e. The van der Waals surface area contributed by atoms with Crippen molar-refractivity contribution in [2.24, 2.45) is 0 Å². The zero-order chi connectivity index (χ0) is 15.4. The van der Waals surface area contributed by atoms with Crippen LogP contribution in [0, 0.1) is 0 Å². The van der Waals surface area contributed by atoms with E-state index >= 15 is 0 Å². The first-order valence-electron chi connectivity index (χ1n) is 5.79. The molecule has 114 valence electrons. The van der Waals surface area contributed by atoms with Gasteiger partial charge in [0, 0.05) is 13.0 Å². The molecule has 1 aromatic rings. The van der Waals surface area contributed by atoms with Crippen LogP contribution < -0.4 is 15.8 Å². The second-order valence-electron chi connectivity index (χ2n) is 4.10. The number of rotatable bonds is 6. The van der Waals surface area contributed by atoms with Gasteiger partial charge in [0.15, 0.2) is 0 Å². The van der Waals surface area contributed by atoms with Crippen LogP contribution >= 0.6 is 0 Å². The van der Waals surface area contributed by atoms with E-state index in [1.165, 1.54) is 25.2 Å². The molecule has 0 radical (unpaired) electrons. The number of hydrogen-bond acceptors (Lipinski definition) is 4. The van der Waals surface area contributed by atoms with Crippen molar-refractivity contribution < 1.29 is 21.6 Å². The van der Waals surface area contributed by atoms with E-state index in [0.29, 0.717) is 5.69 Å². The molecule has 0 saturated carbocycles. The van der Waals surface area contributed by atoms with Crippen molar-refractivity contribution in [3.8, 4) is 0 Å². The summed E-state index contributed by atoms with van der Waals surface area (Å²) in [5.74, 6) is 0. The summed E-state index contributed by atoms with van der Waals surface area (Å²) >= 11 is 0. The predicted molar refractivity (Wildman–Crippen MR) is 70.9 cm³/mol. The number of alkyl halides is 3. The fourth-order valence-electron chi connectivity index (χ4n) is 1.49. The molecular formula is C11H16F3N3O2S. The number of benzene rings is 1. The Morgan fingerprint density at radius 1 is 1.30 bits per heavy atom. The minimum absolute atomic E-state index is 0.00692. The molecule has 20 heavy (non-hydrogen) atoms. The van der Waals surface area contributed by atoms with Gasteiger partial charge in [-0.1, -0.05) is 0 Å². The van der Waals surface area contributed by atoms with Crippen LogP contribution in [0.15, 0.2) is 23.1 Å². The molecule has 1 aromatic carbocycles. The van der Waals surface area contributed by atoms with E-state index in [1.54, 1.807) is 0 Å². The quantitative estimate of drug-likeness (QED) is 0.554. The first-order chi connectivity index (χ1) is 9.15. The Morgan fingerprint density at radius 2 is 1.95 bits per heavy atom. The van der Waals surface area contributed by atoms with Gasteiger partial charge >= 0.3 is 6.18 Å². The number of sulfonamides is 1. The Bertz CT molecular complexity index is 559. The lowest BCUT2D eigenvalue weighted by molar-refractivity contribution is -0.134. The molecule has 1 rings (SSSR count). The van der Waals surface area contributed by atoms with E-state index in [1.807, 2.05) is 0 Å². The van der Waals surface area contributed by atoms with Crippen molar-refractivity contribution in [1.82, 2.24) is 4.72 Å². The third-order valence-corrected chi connectivity index (χ3v) is 3.97. The van der Waals surface area contributed by atoms with Crippen molar-refractivity contribution >= 4 is 21.4 Å². The maximum absolute atomic E-state index is 12.0. The second-order valence-corrected chi connectivity index (χ2v) is 5.99. The van der Waals surface area contributed by atoms with Crippen molar-refractivity contribution in [2.75, 3.05) is 24.6 Å². The number of nitrogens with one attached hydrogen (secondary N) is 2. The monoisotopic (exact) mass is 311 g/mol. The van der Waals surface area contributed by atoms with Crippen LogP contribution in [0.25, 0.3) is 0 Å². The number of nitrogens with two attached hydrogens (primary N) is 1. The minimum atomic E-state index is -4.20. The fourth-order valence-corrected chi connectivity index (χ4v) is 2.24. The summed E-state index contributed by atoms with van der Waals surface area (Å²) in [6, 6.07) is 3.99. The molecule has 0 amide bonds. The lowest BCUT2D eigenvalue weighted by Gasteiger charge is -2.12. The molecule has 0 fully saturated rings. The highest BCUT2D eigenvalue weighted by Gasteiger charge is 2.25. The molecule has 0 atom stereocenters. The number of halogens is 3. The third-order valence-electron chi connectivity index (χ3n) is 2.56. The zero-order valence-corrected chi connectivity index (χ0v) is 11.6. The van der Waals surface area contributed by atoms with Crippen molar-refractivity contribution in [3.63, 3.8) is 0 Å². The largest absolute Gasteiger partial charge is 0.397 e. The number of nitrogen functional groups attached to an aromatic ring is 1. The summed E-state index contributed by atoms with van der Waals surface area (Å²) in [4.78, 5) is -0.00692. The molecule has 4 N–H and O–H groups in total. The molecule has 0 bridgehead atoms. The first-order valence-corrected chi connectivity index (χ1v) is 7.28. The van der Waals surface area contributed by atoms with E-state index in [-0.39, 0.29) is 23.5 Å². The summed E-state index contributed by atoms with van der Waals surface area (Å²) in [6.07, 6.45) is -5.23. The highest BCUT2D eigenvalue weighted by atomic mass is 32.2. The maximum atomic E-state index is 12.0. The van der Waals surface area contributed by atoms with Crippen molar-refractivity contribution in [1.29, 1.82) is 0 Å². The van der Waals surface area contributed by atoms with Gasteiger partial charge in [0.05, 0.1) is 16.3 Å². The third kappa shape index (κ3) is 4.89. The Kier molecular flexibility index (Phi) is 5.23. The van der Waals surface area contributed by atoms with Crippen molar-refractivity contribution in [3.05, 3.63) is 18.2 Å². The summed E-state index contributed by atoms with van der Waals surface area (Å²) in [5, 5.41) is 2.70. The molecule has 0 aliphatic heterocycles. The van der Waals surface area contributed by atoms with Gasteiger partial charge in [-0.05, 0) is 31.7 Å². The molecule has 9 heteroatoms. The van der Waals surface area contributed by atoms with Crippen LogP contribution in [-0.4, -0.2) is 28.2 Å². The number of anilines is 2. The molecule has 0 aromatic heterocycles. The second kappa shape index (κ2) is 6.31. The zero-order valence-electron chi connectivity index (χ0n) is 10.8. The van der Waals surface area contributed by atoms with E-state index in [9.17, 15) is 21.6 Å². The van der Waals surface area contributed by atoms with E-state index in [4.69, 9.17) is 5.73 Å². The van der Waals surface area contributed by atoms with Crippen LogP contribution in [0.5, 0.6) is 0 Å². The minimum Gasteiger partial charge on any atom is -0.397 e. The normalized spacial score (nSPS) is 12.4. The van der Waals surface area contributed by atoms with Gasteiger partial charge in [-0.2, -0.15) is 13.2 Å². The maximum Gasteiger partial charge on any atom is 0.389 e. The van der Waals surface area contributed by atoms with Crippen LogP contribution in [-0.2, 0) is 10.0 Å². The summed E-state index contributed by atoms with van der Waals surface area (Å²) in [7, 11) is -2.35. The Hall–Kier alpha value is -1.48. The van der Waals surface area contributed by atoms with Gasteiger partial charge in [0.1, 0.15) is 0 Å². The Labute approximate surface area is 115 Å². The topological polar surface area (TPSA) is 84.2 Å². The van der Waals surface area contributed by atoms with Gasteiger partial charge in [-0.15, -0.1) is 0 Å². The van der Waals surface area contributed by atoms with Gasteiger partial charge < -0.3 is 11.1 Å². The van der Waals surface area contributed by atoms with E-state index < -0.39 is 22.6 Å². The summed E-state index contributed by atoms with van der Waals surface area (Å²) in [5.41, 5.74) is 6.21. The van der Waals surface area contributed by atoms with E-state index in [2.05, 4.69) is 10.0 Å². The van der Waals surface area contributed by atoms with Gasteiger partial charge in [-0.3, -0.25) is 0 Å². The van der Waals surface area contributed by atoms with Gasteiger partial charge in [-0.25, -0.2) is 13.1 Å². The molecule has 0 aliphatic carbocycles. The lowest BCUT2D eigenvalue weighted by atomic mass is 10.2. The molecule has 5 nitrogen and oxygen atoms in total. The summed E-state index contributed by atoms with van der Waals surface area (Å²) < 4.78 is 61.3. The average molecular weight is 311 g/mol. The standard InChI is InChI=1S/C11H16F3N3O2S/c1-16-20(18,19)8-3-4-9(15)10(7-8)17-6-2-5-11(12,13)14/h3-4,7,16-17H,2,5-6,15H2,1H3. The van der Waals surface area contributed by atoms with Gasteiger partial charge in [0.25, 0.3) is 0 Å². The molecule has 0 spiro atoms.